The highest BCUT2D eigenvalue weighted by atomic mass is 35.5. The lowest BCUT2D eigenvalue weighted by Crippen LogP contribution is -2.29. The zero-order chi connectivity index (χ0) is 16.4. The average Bonchev–Trinajstić information content (AvgIpc) is 2.48. The fourth-order valence-corrected chi connectivity index (χ4v) is 2.53. The first-order chi connectivity index (χ1) is 10.5. The summed E-state index contributed by atoms with van der Waals surface area (Å²) in [6.07, 6.45) is 7.14. The number of amides is 1. The van der Waals surface area contributed by atoms with Crippen molar-refractivity contribution in [2.45, 2.75) is 45.4 Å². The van der Waals surface area contributed by atoms with Crippen molar-refractivity contribution < 1.29 is 9.53 Å². The average molecular weight is 367 g/mol. The number of rotatable bonds is 10. The maximum absolute atomic E-state index is 11.7. The van der Waals surface area contributed by atoms with Crippen LogP contribution in [0.25, 0.3) is 0 Å². The van der Waals surface area contributed by atoms with Gasteiger partial charge in [-0.1, -0.05) is 73.8 Å². The molecule has 3 nitrogen and oxygen atoms in total. The molecule has 0 aliphatic heterocycles. The van der Waals surface area contributed by atoms with E-state index in [4.69, 9.17) is 39.5 Å². The summed E-state index contributed by atoms with van der Waals surface area (Å²) in [6.45, 7) is 2.78. The van der Waals surface area contributed by atoms with Crippen LogP contribution in [0.5, 0.6) is 5.75 Å². The molecule has 0 saturated heterocycles. The third-order valence-corrected chi connectivity index (χ3v) is 4.20. The summed E-state index contributed by atoms with van der Waals surface area (Å²) in [5.41, 5.74) is 0. The van der Waals surface area contributed by atoms with Crippen LogP contribution in [0.2, 0.25) is 15.1 Å². The second-order valence-corrected chi connectivity index (χ2v) is 6.32. The molecule has 1 rings (SSSR count). The van der Waals surface area contributed by atoms with Crippen LogP contribution in [-0.2, 0) is 4.79 Å². The summed E-state index contributed by atoms with van der Waals surface area (Å²) < 4.78 is 5.36. The van der Waals surface area contributed by atoms with E-state index in [1.54, 1.807) is 0 Å². The van der Waals surface area contributed by atoms with Gasteiger partial charge >= 0.3 is 0 Å². The lowest BCUT2D eigenvalue weighted by Gasteiger charge is -2.10. The van der Waals surface area contributed by atoms with Crippen molar-refractivity contribution in [2.75, 3.05) is 13.2 Å². The Kier molecular flexibility index (Phi) is 9.69. The van der Waals surface area contributed by atoms with Crippen LogP contribution in [0.15, 0.2) is 12.1 Å². The van der Waals surface area contributed by atoms with Gasteiger partial charge in [-0.2, -0.15) is 0 Å². The monoisotopic (exact) mass is 365 g/mol. The number of unbranched alkanes of at least 4 members (excludes halogenated alkanes) is 5. The van der Waals surface area contributed by atoms with Crippen LogP contribution in [-0.4, -0.2) is 19.1 Å². The molecule has 0 atom stereocenters. The Labute approximate surface area is 147 Å². The minimum Gasteiger partial charge on any atom is -0.482 e. The Morgan fingerprint density at radius 2 is 1.64 bits per heavy atom. The van der Waals surface area contributed by atoms with Crippen LogP contribution in [0.3, 0.4) is 0 Å². The van der Waals surface area contributed by atoms with Gasteiger partial charge in [-0.3, -0.25) is 4.79 Å². The molecular formula is C16H22Cl3NO2. The fraction of sp³-hybridized carbons (Fsp3) is 0.562. The normalized spacial score (nSPS) is 10.5. The van der Waals surface area contributed by atoms with Crippen LogP contribution < -0.4 is 10.1 Å². The molecule has 0 heterocycles. The highest BCUT2D eigenvalue weighted by molar-refractivity contribution is 6.43. The Morgan fingerprint density at radius 1 is 1.00 bits per heavy atom. The highest BCUT2D eigenvalue weighted by Crippen LogP contribution is 2.33. The molecular weight excluding hydrogens is 345 g/mol. The first-order valence-corrected chi connectivity index (χ1v) is 8.72. The van der Waals surface area contributed by atoms with Gasteiger partial charge in [-0.25, -0.2) is 0 Å². The molecule has 0 radical (unpaired) electrons. The SMILES string of the molecule is CCCCCCCCNC(=O)COc1cc(Cl)c(Cl)cc1Cl. The van der Waals surface area contributed by atoms with Crippen LogP contribution in [0.4, 0.5) is 0 Å². The van der Waals surface area contributed by atoms with Crippen LogP contribution >= 0.6 is 34.8 Å². The predicted octanol–water partition coefficient (Wildman–Crippen LogP) is 5.50. The fourth-order valence-electron chi connectivity index (χ4n) is 1.94. The molecule has 22 heavy (non-hydrogen) atoms. The zero-order valence-corrected chi connectivity index (χ0v) is 15.0. The van der Waals surface area contributed by atoms with Crippen molar-refractivity contribution in [3.05, 3.63) is 27.2 Å². The molecule has 0 aliphatic rings. The maximum atomic E-state index is 11.7. The van der Waals surface area contributed by atoms with Crippen molar-refractivity contribution in [1.29, 1.82) is 0 Å². The molecule has 0 unspecified atom stereocenters. The van der Waals surface area contributed by atoms with E-state index < -0.39 is 0 Å². The van der Waals surface area contributed by atoms with E-state index in [2.05, 4.69) is 12.2 Å². The second kappa shape index (κ2) is 11.0. The second-order valence-electron chi connectivity index (χ2n) is 5.10. The minimum atomic E-state index is -0.171. The molecule has 1 amide bonds. The number of benzene rings is 1. The zero-order valence-electron chi connectivity index (χ0n) is 12.8. The van der Waals surface area contributed by atoms with Crippen molar-refractivity contribution in [2.24, 2.45) is 0 Å². The molecule has 1 aromatic rings. The molecule has 0 bridgehead atoms. The highest BCUT2D eigenvalue weighted by Gasteiger charge is 2.09. The van der Waals surface area contributed by atoms with Gasteiger partial charge in [0.15, 0.2) is 6.61 Å². The first kappa shape index (κ1) is 19.4. The molecule has 1 N–H and O–H groups in total. The van der Waals surface area contributed by atoms with Crippen LogP contribution in [0, 0.1) is 0 Å². The molecule has 0 aromatic heterocycles. The molecule has 0 saturated carbocycles. The first-order valence-electron chi connectivity index (χ1n) is 7.58. The van der Waals surface area contributed by atoms with Gasteiger partial charge in [-0.05, 0) is 12.5 Å². The van der Waals surface area contributed by atoms with E-state index in [9.17, 15) is 4.79 Å². The Balaban J connectivity index is 2.19. The number of nitrogens with one attached hydrogen (secondary N) is 1. The molecule has 124 valence electrons. The Hall–Kier alpha value is -0.640. The summed E-state index contributed by atoms with van der Waals surface area (Å²) in [6, 6.07) is 3.00. The summed E-state index contributed by atoms with van der Waals surface area (Å²) in [7, 11) is 0. The quantitative estimate of drug-likeness (QED) is 0.438. The van der Waals surface area contributed by atoms with Crippen LogP contribution in [0.1, 0.15) is 45.4 Å². The van der Waals surface area contributed by atoms with Gasteiger partial charge in [0.25, 0.3) is 5.91 Å². The predicted molar refractivity (Wildman–Crippen MR) is 93.4 cm³/mol. The molecule has 1 aromatic carbocycles. The molecule has 0 fully saturated rings. The standard InChI is InChI=1S/C16H22Cl3NO2/c1-2-3-4-5-6-7-8-20-16(21)11-22-15-10-13(18)12(17)9-14(15)19/h9-10H,2-8,11H2,1H3,(H,20,21). The minimum absolute atomic E-state index is 0.0898. The van der Waals surface area contributed by atoms with Crippen molar-refractivity contribution >= 4 is 40.7 Å². The van der Waals surface area contributed by atoms with Crippen molar-refractivity contribution in [1.82, 2.24) is 5.32 Å². The topological polar surface area (TPSA) is 38.3 Å². The van der Waals surface area contributed by atoms with Crippen molar-refractivity contribution in [3.8, 4) is 5.75 Å². The van der Waals surface area contributed by atoms with E-state index >= 15 is 0 Å². The number of halogens is 3. The van der Waals surface area contributed by atoms with E-state index in [0.29, 0.717) is 27.4 Å². The summed E-state index contributed by atoms with van der Waals surface area (Å²) in [4.78, 5) is 11.7. The third kappa shape index (κ3) is 7.57. The van der Waals surface area contributed by atoms with E-state index in [1.807, 2.05) is 0 Å². The summed E-state index contributed by atoms with van der Waals surface area (Å²) in [5, 5.41) is 3.85. The molecule has 0 aliphatic carbocycles. The molecule has 6 heteroatoms. The third-order valence-electron chi connectivity index (χ3n) is 3.19. The van der Waals surface area contributed by atoms with Gasteiger partial charge in [-0.15, -0.1) is 0 Å². The number of carbonyl (C=O) groups is 1. The Morgan fingerprint density at radius 3 is 2.36 bits per heavy atom. The smallest absolute Gasteiger partial charge is 0.257 e. The number of carbonyl (C=O) groups excluding carboxylic acids is 1. The number of hydrogen-bond acceptors (Lipinski definition) is 2. The lowest BCUT2D eigenvalue weighted by molar-refractivity contribution is -0.123. The van der Waals surface area contributed by atoms with Gasteiger partial charge in [0, 0.05) is 12.6 Å². The van der Waals surface area contributed by atoms with E-state index in [0.717, 1.165) is 12.8 Å². The van der Waals surface area contributed by atoms with E-state index in [-0.39, 0.29) is 12.5 Å². The van der Waals surface area contributed by atoms with Gasteiger partial charge in [0.1, 0.15) is 5.75 Å². The summed E-state index contributed by atoms with van der Waals surface area (Å²) in [5.74, 6) is 0.182. The largest absolute Gasteiger partial charge is 0.482 e. The van der Waals surface area contributed by atoms with Gasteiger partial charge < -0.3 is 10.1 Å². The van der Waals surface area contributed by atoms with Crippen molar-refractivity contribution in [3.63, 3.8) is 0 Å². The van der Waals surface area contributed by atoms with Gasteiger partial charge in [0.05, 0.1) is 15.1 Å². The van der Waals surface area contributed by atoms with Gasteiger partial charge in [0.2, 0.25) is 0 Å². The Bertz CT molecular complexity index is 481. The number of ether oxygens (including phenoxy) is 1. The lowest BCUT2D eigenvalue weighted by atomic mass is 10.1. The maximum Gasteiger partial charge on any atom is 0.257 e. The summed E-state index contributed by atoms with van der Waals surface area (Å²) >= 11 is 17.7. The molecule has 0 spiro atoms. The number of hydrogen-bond donors (Lipinski definition) is 1. The van der Waals surface area contributed by atoms with E-state index in [1.165, 1.54) is 37.8 Å².